The van der Waals surface area contributed by atoms with Crippen LogP contribution in [-0.4, -0.2) is 15.0 Å². The third-order valence-corrected chi connectivity index (χ3v) is 10.7. The van der Waals surface area contributed by atoms with Gasteiger partial charge in [-0.3, -0.25) is 0 Å². The van der Waals surface area contributed by atoms with Gasteiger partial charge in [0.15, 0.2) is 0 Å². The van der Waals surface area contributed by atoms with Crippen molar-refractivity contribution < 1.29 is 0 Å². The molecular formula is C43H80N4. The van der Waals surface area contributed by atoms with Crippen molar-refractivity contribution in [3.8, 4) is 0 Å². The molecule has 4 heteroatoms. The highest BCUT2D eigenvalue weighted by atomic mass is 15.5. The van der Waals surface area contributed by atoms with Gasteiger partial charge in [0.25, 0.3) is 0 Å². The van der Waals surface area contributed by atoms with Crippen molar-refractivity contribution in [2.24, 2.45) is 5.73 Å². The number of hydrogen-bond donors (Lipinski definition) is 1. The summed E-state index contributed by atoms with van der Waals surface area (Å²) in [4.78, 5) is 0. The van der Waals surface area contributed by atoms with Crippen molar-refractivity contribution in [3.05, 3.63) is 24.3 Å². The number of para-hydroxylation sites is 1. The number of fused-ring (bicyclic) bond motifs is 1. The number of nitrogens with zero attached hydrogens (tertiary/aromatic N) is 3. The van der Waals surface area contributed by atoms with Crippen LogP contribution in [0.2, 0.25) is 0 Å². The Morgan fingerprint density at radius 2 is 0.745 bits per heavy atom. The zero-order valence-corrected chi connectivity index (χ0v) is 31.8. The van der Waals surface area contributed by atoms with Gasteiger partial charge < -0.3 is 5.73 Å². The number of nitrogens with two attached hydrogens (primary N) is 1. The van der Waals surface area contributed by atoms with E-state index in [2.05, 4.69) is 47.0 Å². The van der Waals surface area contributed by atoms with Crippen molar-refractivity contribution in [1.82, 2.24) is 15.0 Å². The lowest BCUT2D eigenvalue weighted by Gasteiger charge is -2.30. The molecule has 47 heavy (non-hydrogen) atoms. The van der Waals surface area contributed by atoms with E-state index in [0.717, 1.165) is 23.9 Å². The average Bonchev–Trinajstić information content (AvgIpc) is 3.53. The first kappa shape index (κ1) is 41.7. The molecule has 272 valence electrons. The maximum absolute atomic E-state index is 7.21. The predicted molar refractivity (Wildman–Crippen MR) is 208 cm³/mol. The molecule has 0 radical (unpaired) electrons. The highest BCUT2D eigenvalue weighted by Gasteiger charge is 2.29. The van der Waals surface area contributed by atoms with Crippen LogP contribution in [0.15, 0.2) is 24.3 Å². The van der Waals surface area contributed by atoms with Crippen LogP contribution in [0.1, 0.15) is 232 Å². The van der Waals surface area contributed by atoms with Gasteiger partial charge in [0.05, 0.1) is 5.52 Å². The van der Waals surface area contributed by atoms with E-state index >= 15 is 0 Å². The quantitative estimate of drug-likeness (QED) is 0.0754. The Bertz CT molecular complexity index is 901. The molecule has 0 bridgehead atoms. The van der Waals surface area contributed by atoms with E-state index in [0.29, 0.717) is 0 Å². The smallest absolute Gasteiger partial charge is 0.113 e. The minimum absolute atomic E-state index is 0.428. The van der Waals surface area contributed by atoms with Gasteiger partial charge in [0.2, 0.25) is 0 Å². The minimum Gasteiger partial charge on any atom is -0.307 e. The van der Waals surface area contributed by atoms with E-state index in [1.807, 2.05) is 6.07 Å². The molecule has 1 heterocycles. The molecule has 0 unspecified atom stereocenters. The van der Waals surface area contributed by atoms with Gasteiger partial charge in [-0.2, -0.15) is 0 Å². The molecule has 0 fully saturated rings. The number of aromatic nitrogens is 3. The average molecular weight is 653 g/mol. The Kier molecular flexibility index (Phi) is 26.2. The van der Waals surface area contributed by atoms with Gasteiger partial charge in [0, 0.05) is 0 Å². The summed E-state index contributed by atoms with van der Waals surface area (Å²) in [7, 11) is 0. The summed E-state index contributed by atoms with van der Waals surface area (Å²) >= 11 is 0. The Morgan fingerprint density at radius 3 is 1.09 bits per heavy atom. The summed E-state index contributed by atoms with van der Waals surface area (Å²) in [6, 6.07) is 8.33. The lowest BCUT2D eigenvalue weighted by Crippen LogP contribution is -2.44. The van der Waals surface area contributed by atoms with E-state index in [1.165, 1.54) is 205 Å². The molecule has 2 rings (SSSR count). The Balaban J connectivity index is 1.54. The minimum atomic E-state index is -0.428. The second kappa shape index (κ2) is 29.5. The topological polar surface area (TPSA) is 56.7 Å². The second-order valence-electron chi connectivity index (χ2n) is 15.2. The Morgan fingerprint density at radius 1 is 0.447 bits per heavy atom. The summed E-state index contributed by atoms with van der Waals surface area (Å²) in [5, 5.41) is 9.06. The van der Waals surface area contributed by atoms with Crippen molar-refractivity contribution in [2.45, 2.75) is 238 Å². The lowest BCUT2D eigenvalue weighted by atomic mass is 9.94. The van der Waals surface area contributed by atoms with E-state index in [4.69, 9.17) is 5.73 Å². The van der Waals surface area contributed by atoms with Crippen molar-refractivity contribution >= 4 is 11.0 Å². The van der Waals surface area contributed by atoms with Crippen LogP contribution in [0.4, 0.5) is 0 Å². The maximum atomic E-state index is 7.21. The zero-order valence-electron chi connectivity index (χ0n) is 31.8. The standard InChI is InChI=1S/C43H80N4/c1-3-5-7-9-11-13-15-17-19-21-23-25-27-29-31-35-39-43(44,47-42-38-34-33-37-41(42)45-46-47)40-36-32-30-28-26-24-22-20-18-16-14-12-10-8-6-4-2/h33-34,37-38H,3-32,35-36,39-40,44H2,1-2H3. The molecule has 0 amide bonds. The zero-order chi connectivity index (χ0) is 33.5. The first-order valence-electron chi connectivity index (χ1n) is 21.3. The summed E-state index contributed by atoms with van der Waals surface area (Å²) in [5.74, 6) is 0. The van der Waals surface area contributed by atoms with Crippen molar-refractivity contribution in [2.75, 3.05) is 0 Å². The largest absolute Gasteiger partial charge is 0.307 e. The van der Waals surface area contributed by atoms with Gasteiger partial charge >= 0.3 is 0 Å². The molecule has 1 aromatic heterocycles. The van der Waals surface area contributed by atoms with E-state index in [1.54, 1.807) is 0 Å². The van der Waals surface area contributed by atoms with Gasteiger partial charge in [0.1, 0.15) is 11.2 Å². The molecule has 2 aromatic rings. The maximum Gasteiger partial charge on any atom is 0.113 e. The number of rotatable bonds is 35. The lowest BCUT2D eigenvalue weighted by molar-refractivity contribution is 0.212. The number of unbranched alkanes of at least 4 members (excludes halogenated alkanes) is 30. The summed E-state index contributed by atoms with van der Waals surface area (Å²) < 4.78 is 2.07. The fraction of sp³-hybridized carbons (Fsp3) is 0.860. The molecular weight excluding hydrogens is 573 g/mol. The SMILES string of the molecule is CCCCCCCCCCCCCCCCCCC(N)(CCCCCCCCCCCCCCCCCC)n1nnc2ccccc21. The highest BCUT2D eigenvalue weighted by Crippen LogP contribution is 2.28. The molecule has 0 aliphatic rings. The van der Waals surface area contributed by atoms with Gasteiger partial charge in [-0.1, -0.05) is 224 Å². The molecule has 0 saturated heterocycles. The van der Waals surface area contributed by atoms with E-state index in [-0.39, 0.29) is 0 Å². The van der Waals surface area contributed by atoms with Crippen LogP contribution in [0.25, 0.3) is 11.0 Å². The third-order valence-electron chi connectivity index (χ3n) is 10.7. The first-order chi connectivity index (χ1) is 23.2. The van der Waals surface area contributed by atoms with Gasteiger partial charge in [-0.15, -0.1) is 5.10 Å². The molecule has 1 aromatic carbocycles. The van der Waals surface area contributed by atoms with Gasteiger partial charge in [-0.25, -0.2) is 4.68 Å². The number of hydrogen-bond acceptors (Lipinski definition) is 3. The third kappa shape index (κ3) is 20.6. The molecule has 0 aliphatic carbocycles. The fourth-order valence-electron chi connectivity index (χ4n) is 7.49. The molecule has 0 spiro atoms. The summed E-state index contributed by atoms with van der Waals surface area (Å²) in [6.45, 7) is 4.60. The second-order valence-corrected chi connectivity index (χ2v) is 15.2. The van der Waals surface area contributed by atoms with Crippen LogP contribution in [-0.2, 0) is 5.66 Å². The van der Waals surface area contributed by atoms with Gasteiger partial charge in [-0.05, 0) is 37.8 Å². The van der Waals surface area contributed by atoms with Crippen LogP contribution in [0.3, 0.4) is 0 Å². The summed E-state index contributed by atoms with van der Waals surface area (Å²) in [5.41, 5.74) is 8.83. The monoisotopic (exact) mass is 653 g/mol. The highest BCUT2D eigenvalue weighted by molar-refractivity contribution is 5.74. The molecule has 0 atom stereocenters. The predicted octanol–water partition coefficient (Wildman–Crippen LogP) is 14.3. The summed E-state index contributed by atoms with van der Waals surface area (Å²) in [6.07, 6.45) is 46.7. The van der Waals surface area contributed by atoms with E-state index < -0.39 is 5.66 Å². The van der Waals surface area contributed by atoms with Crippen LogP contribution in [0.5, 0.6) is 0 Å². The Labute approximate surface area is 293 Å². The molecule has 0 aliphatic heterocycles. The number of benzene rings is 1. The normalized spacial score (nSPS) is 12.1. The first-order valence-corrected chi connectivity index (χ1v) is 21.3. The Hall–Kier alpha value is -1.42. The van der Waals surface area contributed by atoms with Crippen LogP contribution < -0.4 is 5.73 Å². The molecule has 4 nitrogen and oxygen atoms in total. The van der Waals surface area contributed by atoms with Crippen molar-refractivity contribution in [3.63, 3.8) is 0 Å². The van der Waals surface area contributed by atoms with Crippen LogP contribution in [0, 0.1) is 0 Å². The van der Waals surface area contributed by atoms with Crippen molar-refractivity contribution in [1.29, 1.82) is 0 Å². The molecule has 2 N–H and O–H groups in total. The van der Waals surface area contributed by atoms with Crippen LogP contribution >= 0.6 is 0 Å². The molecule has 0 saturated carbocycles. The van der Waals surface area contributed by atoms with E-state index in [9.17, 15) is 0 Å². The fourth-order valence-corrected chi connectivity index (χ4v) is 7.49.